The fourth-order valence-electron chi connectivity index (χ4n) is 2.33. The molecule has 0 saturated heterocycles. The molecule has 25 heavy (non-hydrogen) atoms. The molecule has 1 aromatic heterocycles. The van der Waals surface area contributed by atoms with E-state index in [-0.39, 0.29) is 28.3 Å². The maximum atomic E-state index is 12.6. The van der Waals surface area contributed by atoms with Crippen molar-refractivity contribution >= 4 is 34.7 Å². The van der Waals surface area contributed by atoms with Gasteiger partial charge < -0.3 is 5.32 Å². The number of thioether (sulfide) groups is 1. The average Bonchev–Trinajstić information content (AvgIpc) is 3.05. The lowest BCUT2D eigenvalue weighted by Gasteiger charge is -2.31. The van der Waals surface area contributed by atoms with Gasteiger partial charge in [0.05, 0.1) is 16.2 Å². The van der Waals surface area contributed by atoms with Crippen LogP contribution in [-0.2, 0) is 4.79 Å². The molecule has 134 valence electrons. The van der Waals surface area contributed by atoms with Crippen molar-refractivity contribution in [1.82, 2.24) is 5.32 Å². The van der Waals surface area contributed by atoms with Crippen LogP contribution in [0.2, 0.25) is 0 Å². The van der Waals surface area contributed by atoms with Gasteiger partial charge in [-0.05, 0) is 35.9 Å². The zero-order valence-electron chi connectivity index (χ0n) is 14.7. The van der Waals surface area contributed by atoms with Gasteiger partial charge in [-0.3, -0.25) is 14.9 Å². The SMILES string of the molecule is CC(Sc1ccc([N+](=O)[O-])cc1)C(=O)NC(c1cccs1)C(C)(C)C. The lowest BCUT2D eigenvalue weighted by molar-refractivity contribution is -0.384. The molecule has 2 atom stereocenters. The van der Waals surface area contributed by atoms with E-state index in [1.165, 1.54) is 23.9 Å². The maximum absolute atomic E-state index is 12.6. The molecule has 0 saturated carbocycles. The summed E-state index contributed by atoms with van der Waals surface area (Å²) in [5, 5.41) is 15.6. The Kier molecular flexibility index (Phi) is 6.24. The molecule has 0 aliphatic heterocycles. The third-order valence-corrected chi connectivity index (χ3v) is 5.76. The van der Waals surface area contributed by atoms with Gasteiger partial charge in [-0.15, -0.1) is 23.1 Å². The number of nitrogens with one attached hydrogen (secondary N) is 1. The number of benzene rings is 1. The zero-order chi connectivity index (χ0) is 18.6. The Balaban J connectivity index is 2.04. The molecule has 7 heteroatoms. The van der Waals surface area contributed by atoms with Crippen molar-refractivity contribution in [3.05, 3.63) is 56.8 Å². The maximum Gasteiger partial charge on any atom is 0.269 e. The number of hydrogen-bond donors (Lipinski definition) is 1. The van der Waals surface area contributed by atoms with Crippen molar-refractivity contribution in [3.63, 3.8) is 0 Å². The molecule has 1 amide bonds. The second-order valence-electron chi connectivity index (χ2n) is 6.83. The molecule has 0 bridgehead atoms. The van der Waals surface area contributed by atoms with E-state index < -0.39 is 4.92 Å². The first-order valence-electron chi connectivity index (χ1n) is 7.93. The summed E-state index contributed by atoms with van der Waals surface area (Å²) in [6.07, 6.45) is 0. The molecule has 5 nitrogen and oxygen atoms in total. The predicted octanol–water partition coefficient (Wildman–Crippen LogP) is 5.04. The Bertz CT molecular complexity index is 722. The highest BCUT2D eigenvalue weighted by atomic mass is 32.2. The van der Waals surface area contributed by atoms with Crippen LogP contribution in [0.15, 0.2) is 46.7 Å². The molecule has 0 aliphatic carbocycles. The summed E-state index contributed by atoms with van der Waals surface area (Å²) in [6.45, 7) is 8.15. The van der Waals surface area contributed by atoms with Crippen LogP contribution in [0, 0.1) is 15.5 Å². The zero-order valence-corrected chi connectivity index (χ0v) is 16.3. The van der Waals surface area contributed by atoms with Crippen molar-refractivity contribution in [2.24, 2.45) is 5.41 Å². The van der Waals surface area contributed by atoms with Crippen molar-refractivity contribution in [1.29, 1.82) is 0 Å². The van der Waals surface area contributed by atoms with Crippen LogP contribution in [0.1, 0.15) is 38.6 Å². The Morgan fingerprint density at radius 3 is 2.36 bits per heavy atom. The molecular formula is C18H22N2O3S2. The smallest absolute Gasteiger partial charge is 0.269 e. The van der Waals surface area contributed by atoms with Crippen LogP contribution in [0.25, 0.3) is 0 Å². The van der Waals surface area contributed by atoms with E-state index in [2.05, 4.69) is 26.1 Å². The third-order valence-electron chi connectivity index (χ3n) is 3.71. The summed E-state index contributed by atoms with van der Waals surface area (Å²) >= 11 is 3.03. The molecule has 1 aromatic carbocycles. The minimum atomic E-state index is -0.431. The fraction of sp³-hybridized carbons (Fsp3) is 0.389. The van der Waals surface area contributed by atoms with Crippen molar-refractivity contribution in [2.45, 2.75) is 43.9 Å². The minimum Gasteiger partial charge on any atom is -0.347 e. The fourth-order valence-corrected chi connectivity index (χ4v) is 4.23. The van der Waals surface area contributed by atoms with Gasteiger partial charge >= 0.3 is 0 Å². The van der Waals surface area contributed by atoms with Crippen LogP contribution >= 0.6 is 23.1 Å². The minimum absolute atomic E-state index is 0.0447. The molecule has 2 aromatic rings. The number of hydrogen-bond acceptors (Lipinski definition) is 5. The highest BCUT2D eigenvalue weighted by Crippen LogP contribution is 2.36. The number of nitro benzene ring substituents is 1. The third kappa shape index (κ3) is 5.31. The Morgan fingerprint density at radius 1 is 1.24 bits per heavy atom. The van der Waals surface area contributed by atoms with Crippen LogP contribution in [0.3, 0.4) is 0 Å². The van der Waals surface area contributed by atoms with Crippen LogP contribution in [-0.4, -0.2) is 16.1 Å². The molecule has 0 aliphatic rings. The van der Waals surface area contributed by atoms with Crippen LogP contribution in [0.5, 0.6) is 0 Å². The Labute approximate surface area is 156 Å². The Morgan fingerprint density at radius 2 is 1.88 bits per heavy atom. The summed E-state index contributed by atoms with van der Waals surface area (Å²) in [6, 6.07) is 10.2. The normalized spacial score (nSPS) is 13.9. The standard InChI is InChI=1S/C18H22N2O3S2/c1-12(25-14-9-7-13(8-10-14)20(22)23)17(21)19-16(18(2,3)4)15-6-5-11-24-15/h5-12,16H,1-4H3,(H,19,21). The topological polar surface area (TPSA) is 72.2 Å². The van der Waals surface area contributed by atoms with Gasteiger partial charge in [0, 0.05) is 21.9 Å². The van der Waals surface area contributed by atoms with Gasteiger partial charge in [-0.2, -0.15) is 0 Å². The quantitative estimate of drug-likeness (QED) is 0.434. The van der Waals surface area contributed by atoms with Gasteiger partial charge in [0.2, 0.25) is 5.91 Å². The number of carbonyl (C=O) groups is 1. The number of nitro groups is 1. The summed E-state index contributed by atoms with van der Waals surface area (Å²) < 4.78 is 0. The Hall–Kier alpha value is -1.86. The monoisotopic (exact) mass is 378 g/mol. The molecule has 0 radical (unpaired) electrons. The molecule has 0 spiro atoms. The number of non-ortho nitro benzene ring substituents is 1. The summed E-state index contributed by atoms with van der Waals surface area (Å²) in [7, 11) is 0. The van der Waals surface area contributed by atoms with E-state index in [0.717, 1.165) is 9.77 Å². The second kappa shape index (κ2) is 8.01. The lowest BCUT2D eigenvalue weighted by atomic mass is 9.85. The highest BCUT2D eigenvalue weighted by Gasteiger charge is 2.30. The molecule has 1 N–H and O–H groups in total. The predicted molar refractivity (Wildman–Crippen MR) is 103 cm³/mol. The first kappa shape index (κ1) is 19.5. The summed E-state index contributed by atoms with van der Waals surface area (Å²) in [5.74, 6) is -0.0447. The molecule has 1 heterocycles. The lowest BCUT2D eigenvalue weighted by Crippen LogP contribution is -2.39. The summed E-state index contributed by atoms with van der Waals surface area (Å²) in [5.41, 5.74) is -0.0509. The molecular weight excluding hydrogens is 356 g/mol. The largest absolute Gasteiger partial charge is 0.347 e. The highest BCUT2D eigenvalue weighted by molar-refractivity contribution is 8.00. The van der Waals surface area contributed by atoms with E-state index >= 15 is 0 Å². The van der Waals surface area contributed by atoms with Gasteiger partial charge in [-0.25, -0.2) is 0 Å². The van der Waals surface area contributed by atoms with Crippen molar-refractivity contribution in [3.8, 4) is 0 Å². The number of carbonyl (C=O) groups excluding carboxylic acids is 1. The molecule has 2 unspecified atom stereocenters. The molecule has 2 rings (SSSR count). The van der Waals surface area contributed by atoms with Crippen molar-refractivity contribution < 1.29 is 9.72 Å². The van der Waals surface area contributed by atoms with Gasteiger partial charge in [0.15, 0.2) is 0 Å². The molecule has 0 fully saturated rings. The van der Waals surface area contributed by atoms with E-state index in [0.29, 0.717) is 0 Å². The van der Waals surface area contributed by atoms with Crippen LogP contribution in [0.4, 0.5) is 5.69 Å². The summed E-state index contributed by atoms with van der Waals surface area (Å²) in [4.78, 5) is 24.9. The van der Waals surface area contributed by atoms with Gasteiger partial charge in [-0.1, -0.05) is 26.8 Å². The van der Waals surface area contributed by atoms with E-state index in [1.807, 2.05) is 24.4 Å². The van der Waals surface area contributed by atoms with Crippen LogP contribution < -0.4 is 5.32 Å². The number of rotatable bonds is 6. The second-order valence-corrected chi connectivity index (χ2v) is 9.23. The number of amides is 1. The number of thiophene rings is 1. The van der Waals surface area contributed by atoms with Gasteiger partial charge in [0.1, 0.15) is 0 Å². The first-order valence-corrected chi connectivity index (χ1v) is 9.69. The van der Waals surface area contributed by atoms with E-state index in [4.69, 9.17) is 0 Å². The van der Waals surface area contributed by atoms with Crippen molar-refractivity contribution in [2.75, 3.05) is 0 Å². The average molecular weight is 379 g/mol. The first-order chi connectivity index (χ1) is 11.7. The van der Waals surface area contributed by atoms with Gasteiger partial charge in [0.25, 0.3) is 5.69 Å². The van der Waals surface area contributed by atoms with E-state index in [9.17, 15) is 14.9 Å². The van der Waals surface area contributed by atoms with E-state index in [1.54, 1.807) is 23.5 Å². The number of nitrogens with zero attached hydrogens (tertiary/aromatic N) is 1.